The molecule has 1 N–H and O–H groups in total. The second kappa shape index (κ2) is 6.91. The fourth-order valence-corrected chi connectivity index (χ4v) is 3.14. The molecule has 0 fully saturated rings. The molecule has 4 nitrogen and oxygen atoms in total. The molecule has 0 atom stereocenters. The molecule has 0 aliphatic carbocycles. The number of sulfonamides is 1. The van der Waals surface area contributed by atoms with Gasteiger partial charge in [-0.25, -0.2) is 8.42 Å². The molecule has 1 rings (SSSR count). The fourth-order valence-electron chi connectivity index (χ4n) is 1.85. The van der Waals surface area contributed by atoms with Crippen molar-refractivity contribution in [3.05, 3.63) is 29.8 Å². The van der Waals surface area contributed by atoms with Crippen molar-refractivity contribution in [2.75, 3.05) is 23.7 Å². The van der Waals surface area contributed by atoms with Gasteiger partial charge in [0.1, 0.15) is 0 Å². The molecule has 0 saturated carbocycles. The van der Waals surface area contributed by atoms with Gasteiger partial charge in [0.25, 0.3) is 0 Å². The molecule has 0 aromatic heterocycles. The van der Waals surface area contributed by atoms with Crippen LogP contribution in [-0.4, -0.2) is 33.8 Å². The van der Waals surface area contributed by atoms with Crippen LogP contribution in [0.2, 0.25) is 0 Å². The number of hydrogen-bond donors (Lipinski definition) is 1. The summed E-state index contributed by atoms with van der Waals surface area (Å²) in [6.07, 6.45) is 0.622. The first-order valence-corrected chi connectivity index (χ1v) is 8.21. The maximum Gasteiger partial charge on any atom is 0.234 e. The van der Waals surface area contributed by atoms with Gasteiger partial charge in [-0.15, -0.1) is 0 Å². The highest BCUT2D eigenvalue weighted by Gasteiger charge is 2.18. The van der Waals surface area contributed by atoms with Crippen LogP contribution in [0.25, 0.3) is 0 Å². The van der Waals surface area contributed by atoms with Crippen molar-refractivity contribution in [1.29, 1.82) is 0 Å². The predicted octanol–water partition coefficient (Wildman–Crippen LogP) is 2.15. The standard InChI is InChI=1S/C14H24N2O2S/c1-12(2)15-10-7-11-19(17,18)16(4)14-9-6-5-8-13(14)3/h5-6,8-9,12,15H,7,10-11H2,1-4H3. The molecule has 0 bridgehead atoms. The number of aryl methyl sites for hydroxylation is 1. The highest BCUT2D eigenvalue weighted by atomic mass is 32.2. The quantitative estimate of drug-likeness (QED) is 0.781. The minimum Gasteiger partial charge on any atom is -0.314 e. The molecule has 1 aromatic carbocycles. The average Bonchev–Trinajstić information content (AvgIpc) is 2.34. The molecule has 5 heteroatoms. The molecule has 0 saturated heterocycles. The minimum absolute atomic E-state index is 0.164. The second-order valence-corrected chi connectivity index (χ2v) is 7.15. The van der Waals surface area contributed by atoms with Crippen molar-refractivity contribution in [3.8, 4) is 0 Å². The average molecular weight is 284 g/mol. The summed E-state index contributed by atoms with van der Waals surface area (Å²) in [4.78, 5) is 0. The number of hydrogen-bond acceptors (Lipinski definition) is 3. The molecule has 0 amide bonds. The van der Waals surface area contributed by atoms with E-state index in [1.54, 1.807) is 7.05 Å². The molecule has 1 aromatic rings. The summed E-state index contributed by atoms with van der Waals surface area (Å²) in [5.41, 5.74) is 1.72. The van der Waals surface area contributed by atoms with E-state index in [1.807, 2.05) is 45.0 Å². The number of rotatable bonds is 7. The summed E-state index contributed by atoms with van der Waals surface area (Å²) in [7, 11) is -1.62. The predicted molar refractivity (Wildman–Crippen MR) is 81.1 cm³/mol. The van der Waals surface area contributed by atoms with Crippen LogP contribution in [0.1, 0.15) is 25.8 Å². The summed E-state index contributed by atoms with van der Waals surface area (Å²) in [6.45, 7) is 6.74. The van der Waals surface area contributed by atoms with E-state index in [1.165, 1.54) is 4.31 Å². The van der Waals surface area contributed by atoms with Crippen LogP contribution >= 0.6 is 0 Å². The van der Waals surface area contributed by atoms with Crippen LogP contribution in [0.5, 0.6) is 0 Å². The smallest absolute Gasteiger partial charge is 0.234 e. The largest absolute Gasteiger partial charge is 0.314 e. The van der Waals surface area contributed by atoms with Gasteiger partial charge in [0, 0.05) is 13.1 Å². The summed E-state index contributed by atoms with van der Waals surface area (Å²) >= 11 is 0. The summed E-state index contributed by atoms with van der Waals surface area (Å²) in [5, 5.41) is 3.23. The summed E-state index contributed by atoms with van der Waals surface area (Å²) in [6, 6.07) is 7.90. The Morgan fingerprint density at radius 2 is 1.89 bits per heavy atom. The molecule has 19 heavy (non-hydrogen) atoms. The number of anilines is 1. The van der Waals surface area contributed by atoms with E-state index in [0.717, 1.165) is 17.8 Å². The van der Waals surface area contributed by atoms with Gasteiger partial charge in [0.15, 0.2) is 0 Å². The van der Waals surface area contributed by atoms with Crippen molar-refractivity contribution < 1.29 is 8.42 Å². The first-order valence-electron chi connectivity index (χ1n) is 6.60. The maximum absolute atomic E-state index is 12.2. The van der Waals surface area contributed by atoms with Crippen LogP contribution in [0.3, 0.4) is 0 Å². The number of nitrogens with zero attached hydrogens (tertiary/aromatic N) is 1. The van der Waals surface area contributed by atoms with Crippen LogP contribution < -0.4 is 9.62 Å². The lowest BCUT2D eigenvalue weighted by Crippen LogP contribution is -2.32. The van der Waals surface area contributed by atoms with Gasteiger partial charge in [-0.2, -0.15) is 0 Å². The number of para-hydroxylation sites is 1. The Morgan fingerprint density at radius 1 is 1.26 bits per heavy atom. The van der Waals surface area contributed by atoms with E-state index >= 15 is 0 Å². The Bertz CT molecular complexity index is 498. The monoisotopic (exact) mass is 284 g/mol. The highest BCUT2D eigenvalue weighted by Crippen LogP contribution is 2.21. The van der Waals surface area contributed by atoms with Crippen LogP contribution in [0.15, 0.2) is 24.3 Å². The van der Waals surface area contributed by atoms with Crippen molar-refractivity contribution in [1.82, 2.24) is 5.32 Å². The van der Waals surface area contributed by atoms with Gasteiger partial charge in [0.05, 0.1) is 11.4 Å². The summed E-state index contributed by atoms with van der Waals surface area (Å²) in [5.74, 6) is 0.164. The Kier molecular flexibility index (Phi) is 5.82. The molecule has 0 spiro atoms. The molecular weight excluding hydrogens is 260 g/mol. The first kappa shape index (κ1) is 16.0. The topological polar surface area (TPSA) is 49.4 Å². The zero-order valence-electron chi connectivity index (χ0n) is 12.2. The molecule has 0 aliphatic rings. The van der Waals surface area contributed by atoms with Crippen molar-refractivity contribution in [2.45, 2.75) is 33.2 Å². The van der Waals surface area contributed by atoms with Crippen molar-refractivity contribution >= 4 is 15.7 Å². The third kappa shape index (κ3) is 4.84. The second-order valence-electron chi connectivity index (χ2n) is 5.03. The number of benzene rings is 1. The van der Waals surface area contributed by atoms with Crippen molar-refractivity contribution in [3.63, 3.8) is 0 Å². The van der Waals surface area contributed by atoms with Crippen LogP contribution in [0.4, 0.5) is 5.69 Å². The third-order valence-corrected chi connectivity index (χ3v) is 4.84. The zero-order chi connectivity index (χ0) is 14.5. The zero-order valence-corrected chi connectivity index (χ0v) is 13.0. The van der Waals surface area contributed by atoms with Crippen LogP contribution in [0, 0.1) is 6.92 Å². The lowest BCUT2D eigenvalue weighted by atomic mass is 10.2. The summed E-state index contributed by atoms with van der Waals surface area (Å²) < 4.78 is 25.8. The van der Waals surface area contributed by atoms with E-state index in [0.29, 0.717) is 12.5 Å². The van der Waals surface area contributed by atoms with Gasteiger partial charge in [-0.3, -0.25) is 4.31 Å². The minimum atomic E-state index is -3.24. The molecule has 0 unspecified atom stereocenters. The van der Waals surface area contributed by atoms with Crippen molar-refractivity contribution in [2.24, 2.45) is 0 Å². The molecule has 0 heterocycles. The molecule has 0 radical (unpaired) electrons. The first-order chi connectivity index (χ1) is 8.84. The Hall–Kier alpha value is -1.07. The van der Waals surface area contributed by atoms with E-state index in [4.69, 9.17) is 0 Å². The normalized spacial score (nSPS) is 11.8. The van der Waals surface area contributed by atoms with E-state index in [9.17, 15) is 8.42 Å². The Morgan fingerprint density at radius 3 is 2.47 bits per heavy atom. The SMILES string of the molecule is Cc1ccccc1N(C)S(=O)(=O)CCCNC(C)C. The fraction of sp³-hybridized carbons (Fsp3) is 0.571. The molecule has 0 aliphatic heterocycles. The third-order valence-electron chi connectivity index (χ3n) is 3.00. The highest BCUT2D eigenvalue weighted by molar-refractivity contribution is 7.92. The van der Waals surface area contributed by atoms with Gasteiger partial charge < -0.3 is 5.32 Å². The van der Waals surface area contributed by atoms with Gasteiger partial charge in [-0.1, -0.05) is 32.0 Å². The molecular formula is C14H24N2O2S. The molecule has 108 valence electrons. The Balaban J connectivity index is 2.65. The van der Waals surface area contributed by atoms with Gasteiger partial charge in [-0.05, 0) is 31.5 Å². The Labute approximate surface area is 116 Å². The maximum atomic E-state index is 12.2. The lowest BCUT2D eigenvalue weighted by Gasteiger charge is -2.21. The van der Waals surface area contributed by atoms with Gasteiger partial charge in [0.2, 0.25) is 10.0 Å². The number of nitrogens with one attached hydrogen (secondary N) is 1. The van der Waals surface area contributed by atoms with Crippen LogP contribution in [-0.2, 0) is 10.0 Å². The van der Waals surface area contributed by atoms with Gasteiger partial charge >= 0.3 is 0 Å². The lowest BCUT2D eigenvalue weighted by molar-refractivity contribution is 0.568. The van der Waals surface area contributed by atoms with E-state index < -0.39 is 10.0 Å². The van der Waals surface area contributed by atoms with E-state index in [-0.39, 0.29) is 5.75 Å². The van der Waals surface area contributed by atoms with E-state index in [2.05, 4.69) is 5.32 Å².